The molecule has 84 valence electrons. The maximum Gasteiger partial charge on any atom is 0.250 e. The predicted molar refractivity (Wildman–Crippen MR) is 63.9 cm³/mol. The van der Waals surface area contributed by atoms with Crippen LogP contribution in [0.5, 0.6) is 0 Å². The van der Waals surface area contributed by atoms with Gasteiger partial charge in [-0.15, -0.1) is 0 Å². The van der Waals surface area contributed by atoms with Crippen LogP contribution in [-0.4, -0.2) is 4.57 Å². The van der Waals surface area contributed by atoms with Gasteiger partial charge in [0.15, 0.2) is 0 Å². The smallest absolute Gasteiger partial charge is 0.250 e. The third-order valence-corrected chi connectivity index (χ3v) is 2.48. The number of pyridine rings is 1. The Balaban J connectivity index is 2.87. The highest BCUT2D eigenvalue weighted by Gasteiger charge is 2.10. The van der Waals surface area contributed by atoms with Crippen molar-refractivity contribution < 1.29 is 0 Å². The van der Waals surface area contributed by atoms with E-state index in [0.717, 1.165) is 18.5 Å². The quantitative estimate of drug-likeness (QED) is 0.809. The minimum atomic E-state index is 0.0333. The number of nitrogen functional groups attached to an aromatic ring is 1. The third kappa shape index (κ3) is 3.42. The molecule has 3 heteroatoms. The van der Waals surface area contributed by atoms with Gasteiger partial charge in [-0.3, -0.25) is 4.79 Å². The molecule has 3 nitrogen and oxygen atoms in total. The Morgan fingerprint density at radius 3 is 2.53 bits per heavy atom. The number of nitrogens with zero attached hydrogens (tertiary/aromatic N) is 1. The fourth-order valence-corrected chi connectivity index (χ4v) is 1.32. The second-order valence-corrected chi connectivity index (χ2v) is 5.25. The number of rotatable bonds is 2. The van der Waals surface area contributed by atoms with Crippen LogP contribution >= 0.6 is 0 Å². The zero-order valence-corrected chi connectivity index (χ0v) is 10.0. The molecule has 1 aromatic rings. The van der Waals surface area contributed by atoms with Gasteiger partial charge >= 0.3 is 0 Å². The van der Waals surface area contributed by atoms with Crippen LogP contribution in [0.2, 0.25) is 0 Å². The number of aromatic nitrogens is 1. The first-order valence-electron chi connectivity index (χ1n) is 5.26. The van der Waals surface area contributed by atoms with Gasteiger partial charge in [0.25, 0.3) is 5.56 Å². The van der Waals surface area contributed by atoms with Crippen LogP contribution < -0.4 is 11.3 Å². The van der Waals surface area contributed by atoms with Crippen LogP contribution in [0, 0.1) is 12.3 Å². The Hall–Kier alpha value is -1.25. The van der Waals surface area contributed by atoms with Gasteiger partial charge in [0, 0.05) is 18.8 Å². The van der Waals surface area contributed by atoms with E-state index in [4.69, 9.17) is 5.73 Å². The van der Waals surface area contributed by atoms with Crippen LogP contribution in [-0.2, 0) is 6.54 Å². The van der Waals surface area contributed by atoms with E-state index in [2.05, 4.69) is 20.8 Å². The zero-order chi connectivity index (χ0) is 11.6. The fourth-order valence-electron chi connectivity index (χ4n) is 1.32. The van der Waals surface area contributed by atoms with Gasteiger partial charge in [0.2, 0.25) is 0 Å². The van der Waals surface area contributed by atoms with E-state index in [1.54, 1.807) is 16.8 Å². The maximum atomic E-state index is 11.6. The lowest BCUT2D eigenvalue weighted by Gasteiger charge is -2.18. The van der Waals surface area contributed by atoms with Gasteiger partial charge in [-0.25, -0.2) is 0 Å². The number of hydrogen-bond acceptors (Lipinski definition) is 2. The van der Waals surface area contributed by atoms with Crippen molar-refractivity contribution in [3.63, 3.8) is 0 Å². The monoisotopic (exact) mass is 208 g/mol. The number of anilines is 1. The molecule has 0 unspecified atom stereocenters. The standard InChI is InChI=1S/C12H20N2O/c1-9-7-11(15)14(8-10(9)13)6-5-12(2,3)4/h7-8H,5-6,13H2,1-4H3. The first-order chi connectivity index (χ1) is 6.79. The molecule has 15 heavy (non-hydrogen) atoms. The van der Waals surface area contributed by atoms with Crippen LogP contribution in [0.25, 0.3) is 0 Å². The molecule has 2 N–H and O–H groups in total. The maximum absolute atomic E-state index is 11.6. The molecule has 0 aliphatic heterocycles. The van der Waals surface area contributed by atoms with Gasteiger partial charge < -0.3 is 10.3 Å². The van der Waals surface area contributed by atoms with Crippen molar-refractivity contribution in [3.05, 3.63) is 28.2 Å². The zero-order valence-electron chi connectivity index (χ0n) is 10.0. The molecule has 0 aliphatic carbocycles. The normalized spacial score (nSPS) is 11.7. The molecule has 0 saturated heterocycles. The lowest BCUT2D eigenvalue weighted by Crippen LogP contribution is -2.22. The Kier molecular flexibility index (Phi) is 3.22. The molecule has 1 aromatic heterocycles. The summed E-state index contributed by atoms with van der Waals surface area (Å²) in [6, 6.07) is 1.60. The molecule has 0 saturated carbocycles. The van der Waals surface area contributed by atoms with Gasteiger partial charge in [-0.05, 0) is 24.3 Å². The van der Waals surface area contributed by atoms with Crippen LogP contribution in [0.3, 0.4) is 0 Å². The summed E-state index contributed by atoms with van der Waals surface area (Å²) in [5.74, 6) is 0. The van der Waals surface area contributed by atoms with Crippen molar-refractivity contribution >= 4 is 5.69 Å². The highest BCUT2D eigenvalue weighted by Crippen LogP contribution is 2.19. The molecule has 0 fully saturated rings. The van der Waals surface area contributed by atoms with Gasteiger partial charge in [-0.1, -0.05) is 20.8 Å². The predicted octanol–water partition coefficient (Wildman–Crippen LogP) is 2.18. The van der Waals surface area contributed by atoms with E-state index < -0.39 is 0 Å². The number of aryl methyl sites for hydroxylation is 2. The van der Waals surface area contributed by atoms with E-state index >= 15 is 0 Å². The van der Waals surface area contributed by atoms with Gasteiger partial charge in [0.1, 0.15) is 0 Å². The molecule has 0 bridgehead atoms. The van der Waals surface area contributed by atoms with Crippen molar-refractivity contribution in [2.75, 3.05) is 5.73 Å². The Morgan fingerprint density at radius 1 is 1.40 bits per heavy atom. The summed E-state index contributed by atoms with van der Waals surface area (Å²) in [6.07, 6.45) is 2.71. The second-order valence-electron chi connectivity index (χ2n) is 5.25. The topological polar surface area (TPSA) is 48.0 Å². The van der Waals surface area contributed by atoms with Crippen molar-refractivity contribution in [1.29, 1.82) is 0 Å². The molecule has 0 spiro atoms. The lowest BCUT2D eigenvalue weighted by molar-refractivity contribution is 0.348. The molecule has 0 aliphatic rings. The summed E-state index contributed by atoms with van der Waals surface area (Å²) in [4.78, 5) is 11.6. The molecule has 0 amide bonds. The van der Waals surface area contributed by atoms with Gasteiger partial charge in [0.05, 0.1) is 5.69 Å². The highest BCUT2D eigenvalue weighted by molar-refractivity contribution is 5.42. The van der Waals surface area contributed by atoms with Crippen LogP contribution in [0.4, 0.5) is 5.69 Å². The SMILES string of the molecule is Cc1cc(=O)n(CCC(C)(C)C)cc1N. The summed E-state index contributed by atoms with van der Waals surface area (Å²) in [5.41, 5.74) is 7.58. The summed E-state index contributed by atoms with van der Waals surface area (Å²) in [7, 11) is 0. The van der Waals surface area contributed by atoms with E-state index in [9.17, 15) is 4.79 Å². The van der Waals surface area contributed by atoms with E-state index in [1.807, 2.05) is 6.92 Å². The summed E-state index contributed by atoms with van der Waals surface area (Å²) in [6.45, 7) is 9.07. The molecular weight excluding hydrogens is 188 g/mol. The minimum Gasteiger partial charge on any atom is -0.397 e. The minimum absolute atomic E-state index is 0.0333. The Bertz CT molecular complexity index is 399. The van der Waals surface area contributed by atoms with Crippen LogP contribution in [0.1, 0.15) is 32.8 Å². The number of nitrogens with two attached hydrogens (primary N) is 1. The molecule has 1 rings (SSSR count). The molecular formula is C12H20N2O. The largest absolute Gasteiger partial charge is 0.397 e. The van der Waals surface area contributed by atoms with Crippen molar-refractivity contribution in [1.82, 2.24) is 4.57 Å². The molecule has 0 aromatic carbocycles. The van der Waals surface area contributed by atoms with Crippen LogP contribution in [0.15, 0.2) is 17.1 Å². The first kappa shape index (κ1) is 11.8. The molecule has 0 radical (unpaired) electrons. The number of hydrogen-bond donors (Lipinski definition) is 1. The van der Waals surface area contributed by atoms with Crippen molar-refractivity contribution in [2.45, 2.75) is 40.7 Å². The van der Waals surface area contributed by atoms with Crippen molar-refractivity contribution in [2.24, 2.45) is 5.41 Å². The third-order valence-electron chi connectivity index (χ3n) is 2.48. The molecule has 0 atom stereocenters. The first-order valence-corrected chi connectivity index (χ1v) is 5.26. The molecule has 1 heterocycles. The average Bonchev–Trinajstić information content (AvgIpc) is 2.07. The van der Waals surface area contributed by atoms with E-state index in [1.165, 1.54) is 0 Å². The van der Waals surface area contributed by atoms with Gasteiger partial charge in [-0.2, -0.15) is 0 Å². The summed E-state index contributed by atoms with van der Waals surface area (Å²) >= 11 is 0. The Morgan fingerprint density at radius 2 is 2.00 bits per heavy atom. The Labute approximate surface area is 90.9 Å². The van der Waals surface area contributed by atoms with Crippen molar-refractivity contribution in [3.8, 4) is 0 Å². The summed E-state index contributed by atoms with van der Waals surface area (Å²) < 4.78 is 1.69. The summed E-state index contributed by atoms with van der Waals surface area (Å²) in [5, 5.41) is 0. The fraction of sp³-hybridized carbons (Fsp3) is 0.583. The highest BCUT2D eigenvalue weighted by atomic mass is 16.1. The average molecular weight is 208 g/mol. The lowest BCUT2D eigenvalue weighted by atomic mass is 9.92. The van der Waals surface area contributed by atoms with E-state index in [-0.39, 0.29) is 11.0 Å². The second kappa shape index (κ2) is 4.09. The van der Waals surface area contributed by atoms with E-state index in [0.29, 0.717) is 5.69 Å².